The van der Waals surface area contributed by atoms with Crippen molar-refractivity contribution in [3.63, 3.8) is 0 Å². The van der Waals surface area contributed by atoms with Crippen molar-refractivity contribution in [3.8, 4) is 0 Å². The predicted octanol–water partition coefficient (Wildman–Crippen LogP) is 0.317. The van der Waals surface area contributed by atoms with E-state index in [2.05, 4.69) is 10.00 Å². The monoisotopic (exact) mass is 237 g/mol. The van der Waals surface area contributed by atoms with Crippen LogP contribution in [0.25, 0.3) is 0 Å². The van der Waals surface area contributed by atoms with Crippen LogP contribution in [0.4, 0.5) is 0 Å². The molecule has 5 heteroatoms. The molecule has 3 heterocycles. The smallest absolute Gasteiger partial charge is 0.123 e. The van der Waals surface area contributed by atoms with Crippen LogP contribution in [0, 0.1) is 0 Å². The van der Waals surface area contributed by atoms with E-state index in [1.807, 2.05) is 13.1 Å². The average Bonchev–Trinajstić information content (AvgIpc) is 2.95. The van der Waals surface area contributed by atoms with Gasteiger partial charge in [-0.15, -0.1) is 0 Å². The summed E-state index contributed by atoms with van der Waals surface area (Å²) in [6, 6.07) is 2.43. The molecule has 3 unspecified atom stereocenters. The van der Waals surface area contributed by atoms with Crippen LogP contribution in [0.1, 0.15) is 24.6 Å². The fraction of sp³-hybridized carbons (Fsp3) is 0.750. The zero-order valence-electron chi connectivity index (χ0n) is 10.1. The lowest BCUT2D eigenvalue weighted by Crippen LogP contribution is -2.48. The normalized spacial score (nSPS) is 31.4. The number of aryl methyl sites for hydroxylation is 1. The third-order valence-corrected chi connectivity index (χ3v) is 3.93. The number of rotatable bonds is 2. The summed E-state index contributed by atoms with van der Waals surface area (Å²) in [4.78, 5) is 2.44. The molecule has 2 fully saturated rings. The highest BCUT2D eigenvalue weighted by Gasteiger charge is 2.36. The fourth-order valence-electron chi connectivity index (χ4n) is 2.90. The number of aromatic nitrogens is 2. The molecule has 0 bridgehead atoms. The van der Waals surface area contributed by atoms with Gasteiger partial charge in [0.05, 0.1) is 12.3 Å². The highest BCUT2D eigenvalue weighted by atomic mass is 16.5. The minimum absolute atomic E-state index is 0.125. The highest BCUT2D eigenvalue weighted by Crippen LogP contribution is 2.28. The van der Waals surface area contributed by atoms with Gasteiger partial charge in [-0.1, -0.05) is 0 Å². The highest BCUT2D eigenvalue weighted by molar-refractivity contribution is 5.07. The second kappa shape index (κ2) is 4.40. The van der Waals surface area contributed by atoms with Crippen molar-refractivity contribution in [3.05, 3.63) is 18.0 Å². The second-order valence-corrected chi connectivity index (χ2v) is 4.99. The zero-order chi connectivity index (χ0) is 11.8. The van der Waals surface area contributed by atoms with Crippen LogP contribution in [0.5, 0.6) is 0 Å². The standard InChI is InChI=1S/C12H19N3O2/c1-14-10(4-5-13-14)12(16)11-7-15-6-2-3-9(15)8-17-11/h4-5,9,11-12,16H,2-3,6-8H2,1H3. The molecule has 0 saturated carbocycles. The first-order chi connectivity index (χ1) is 8.25. The van der Waals surface area contributed by atoms with E-state index in [-0.39, 0.29) is 6.10 Å². The van der Waals surface area contributed by atoms with E-state index in [1.165, 1.54) is 12.8 Å². The van der Waals surface area contributed by atoms with E-state index in [0.29, 0.717) is 6.04 Å². The molecule has 5 nitrogen and oxygen atoms in total. The molecule has 1 N–H and O–H groups in total. The molecule has 1 aromatic rings. The summed E-state index contributed by atoms with van der Waals surface area (Å²) in [6.45, 7) is 2.72. The molecule has 0 spiro atoms. The Bertz CT molecular complexity index is 393. The number of aliphatic hydroxyl groups is 1. The number of morpholine rings is 1. The number of nitrogens with zero attached hydrogens (tertiary/aromatic N) is 3. The summed E-state index contributed by atoms with van der Waals surface area (Å²) < 4.78 is 7.51. The van der Waals surface area contributed by atoms with Crippen LogP contribution < -0.4 is 0 Å². The Morgan fingerprint density at radius 2 is 2.47 bits per heavy atom. The summed E-state index contributed by atoms with van der Waals surface area (Å²) >= 11 is 0. The lowest BCUT2D eigenvalue weighted by Gasteiger charge is -2.37. The molecule has 3 atom stereocenters. The summed E-state index contributed by atoms with van der Waals surface area (Å²) in [5.41, 5.74) is 0.827. The van der Waals surface area contributed by atoms with Crippen molar-refractivity contribution in [1.29, 1.82) is 0 Å². The number of hydrogen-bond acceptors (Lipinski definition) is 4. The molecule has 3 rings (SSSR count). The first kappa shape index (κ1) is 11.2. The molecule has 2 saturated heterocycles. The van der Waals surface area contributed by atoms with Crippen LogP contribution in [0.2, 0.25) is 0 Å². The minimum atomic E-state index is -0.580. The van der Waals surface area contributed by atoms with Gasteiger partial charge in [-0.25, -0.2) is 0 Å². The predicted molar refractivity (Wildman–Crippen MR) is 62.5 cm³/mol. The quantitative estimate of drug-likeness (QED) is 0.804. The Hall–Kier alpha value is -0.910. The maximum atomic E-state index is 10.3. The third-order valence-electron chi connectivity index (χ3n) is 3.93. The first-order valence-corrected chi connectivity index (χ1v) is 6.27. The van der Waals surface area contributed by atoms with Gasteiger partial charge < -0.3 is 9.84 Å². The maximum Gasteiger partial charge on any atom is 0.123 e. The van der Waals surface area contributed by atoms with Gasteiger partial charge in [0, 0.05) is 25.8 Å². The Balaban J connectivity index is 1.71. The van der Waals surface area contributed by atoms with Crippen LogP contribution in [-0.4, -0.2) is 51.6 Å². The number of hydrogen-bond donors (Lipinski definition) is 1. The first-order valence-electron chi connectivity index (χ1n) is 6.27. The molecule has 94 valence electrons. The SMILES string of the molecule is Cn1nccc1C(O)C1CN2CCCC2CO1. The Labute approximate surface area is 101 Å². The van der Waals surface area contributed by atoms with Crippen molar-refractivity contribution in [1.82, 2.24) is 14.7 Å². The van der Waals surface area contributed by atoms with E-state index >= 15 is 0 Å². The minimum Gasteiger partial charge on any atom is -0.384 e. The van der Waals surface area contributed by atoms with Crippen molar-refractivity contribution in [2.75, 3.05) is 19.7 Å². The number of ether oxygens (including phenoxy) is 1. The summed E-state index contributed by atoms with van der Waals surface area (Å²) in [6.07, 6.45) is 3.49. The summed E-state index contributed by atoms with van der Waals surface area (Å²) in [5.74, 6) is 0. The zero-order valence-corrected chi connectivity index (χ0v) is 10.1. The molecule has 0 amide bonds. The largest absolute Gasteiger partial charge is 0.384 e. The van der Waals surface area contributed by atoms with E-state index in [1.54, 1.807) is 10.9 Å². The molecule has 2 aliphatic rings. The van der Waals surface area contributed by atoms with Gasteiger partial charge in [0.2, 0.25) is 0 Å². The van der Waals surface area contributed by atoms with Gasteiger partial charge in [0.1, 0.15) is 12.2 Å². The molecular weight excluding hydrogens is 218 g/mol. The average molecular weight is 237 g/mol. The van der Waals surface area contributed by atoms with Gasteiger partial charge in [0.15, 0.2) is 0 Å². The summed E-state index contributed by atoms with van der Waals surface area (Å²) in [5, 5.41) is 14.4. The van der Waals surface area contributed by atoms with Gasteiger partial charge in [-0.3, -0.25) is 9.58 Å². The Morgan fingerprint density at radius 3 is 3.24 bits per heavy atom. The van der Waals surface area contributed by atoms with Crippen molar-refractivity contribution in [2.45, 2.75) is 31.1 Å². The van der Waals surface area contributed by atoms with Crippen LogP contribution >= 0.6 is 0 Å². The number of aliphatic hydroxyl groups excluding tert-OH is 1. The molecule has 1 aromatic heterocycles. The van der Waals surface area contributed by atoms with Crippen molar-refractivity contribution < 1.29 is 9.84 Å². The van der Waals surface area contributed by atoms with Crippen LogP contribution in [0.15, 0.2) is 12.3 Å². The fourth-order valence-corrected chi connectivity index (χ4v) is 2.90. The molecule has 0 aliphatic carbocycles. The van der Waals surface area contributed by atoms with E-state index < -0.39 is 6.10 Å². The summed E-state index contributed by atoms with van der Waals surface area (Å²) in [7, 11) is 1.85. The Morgan fingerprint density at radius 1 is 1.59 bits per heavy atom. The van der Waals surface area contributed by atoms with E-state index in [9.17, 15) is 5.11 Å². The second-order valence-electron chi connectivity index (χ2n) is 4.99. The maximum absolute atomic E-state index is 10.3. The molecule has 2 aliphatic heterocycles. The molecule has 0 aromatic carbocycles. The lowest BCUT2D eigenvalue weighted by molar-refractivity contribution is -0.105. The lowest BCUT2D eigenvalue weighted by atomic mass is 10.1. The third kappa shape index (κ3) is 1.99. The molecule has 17 heavy (non-hydrogen) atoms. The van der Waals surface area contributed by atoms with E-state index in [4.69, 9.17) is 4.74 Å². The molecular formula is C12H19N3O2. The van der Waals surface area contributed by atoms with Crippen molar-refractivity contribution >= 4 is 0 Å². The topological polar surface area (TPSA) is 50.5 Å². The van der Waals surface area contributed by atoms with Gasteiger partial charge in [-0.2, -0.15) is 5.10 Å². The Kier molecular flexibility index (Phi) is 2.90. The van der Waals surface area contributed by atoms with Gasteiger partial charge in [0.25, 0.3) is 0 Å². The van der Waals surface area contributed by atoms with Crippen LogP contribution in [0.3, 0.4) is 0 Å². The van der Waals surface area contributed by atoms with Crippen LogP contribution in [-0.2, 0) is 11.8 Å². The number of fused-ring (bicyclic) bond motifs is 1. The van der Waals surface area contributed by atoms with Crippen molar-refractivity contribution in [2.24, 2.45) is 7.05 Å². The van der Waals surface area contributed by atoms with Gasteiger partial charge >= 0.3 is 0 Å². The van der Waals surface area contributed by atoms with E-state index in [0.717, 1.165) is 25.4 Å². The molecule has 0 radical (unpaired) electrons. The van der Waals surface area contributed by atoms with Gasteiger partial charge in [-0.05, 0) is 25.5 Å².